The summed E-state index contributed by atoms with van der Waals surface area (Å²) in [6.45, 7) is 5.50. The summed E-state index contributed by atoms with van der Waals surface area (Å²) in [7, 11) is 1.69. The molecule has 0 radical (unpaired) electrons. The molecule has 0 saturated carbocycles. The van der Waals surface area contributed by atoms with E-state index >= 15 is 0 Å². The summed E-state index contributed by atoms with van der Waals surface area (Å²) in [5.41, 5.74) is 1.28. The Morgan fingerprint density at radius 2 is 2.00 bits per heavy atom. The molecule has 0 amide bonds. The Morgan fingerprint density at radius 3 is 2.70 bits per heavy atom. The third-order valence-electron chi connectivity index (χ3n) is 4.83. The molecular formula is C17H21N3O3. The Morgan fingerprint density at radius 1 is 1.26 bits per heavy atom. The molecule has 23 heavy (non-hydrogen) atoms. The van der Waals surface area contributed by atoms with Crippen LogP contribution in [-0.2, 0) is 17.4 Å². The molecule has 0 bridgehead atoms. The Hall–Kier alpha value is -2.08. The van der Waals surface area contributed by atoms with Gasteiger partial charge in [0.15, 0.2) is 11.4 Å². The topological polar surface area (TPSA) is 58.3 Å². The lowest BCUT2D eigenvalue weighted by Crippen LogP contribution is -2.45. The van der Waals surface area contributed by atoms with Crippen molar-refractivity contribution in [3.63, 3.8) is 0 Å². The third-order valence-corrected chi connectivity index (χ3v) is 4.83. The summed E-state index contributed by atoms with van der Waals surface area (Å²) < 4.78 is 15.0. The number of rotatable bonds is 1. The van der Waals surface area contributed by atoms with Gasteiger partial charge in [-0.1, -0.05) is 19.9 Å². The molecule has 2 aromatic rings. The van der Waals surface area contributed by atoms with Crippen molar-refractivity contribution in [2.45, 2.75) is 38.2 Å². The van der Waals surface area contributed by atoms with E-state index < -0.39 is 5.60 Å². The molecule has 1 aromatic carbocycles. The average molecular weight is 315 g/mol. The number of aromatic nitrogens is 3. The van der Waals surface area contributed by atoms with E-state index in [4.69, 9.17) is 9.47 Å². The number of ether oxygens (including phenoxy) is 2. The van der Waals surface area contributed by atoms with Crippen LogP contribution in [0.1, 0.15) is 44.0 Å². The fraction of sp³-hybridized carbons (Fsp3) is 0.529. The van der Waals surface area contributed by atoms with Crippen molar-refractivity contribution in [2.75, 3.05) is 13.2 Å². The first-order chi connectivity index (χ1) is 11.0. The van der Waals surface area contributed by atoms with Crippen LogP contribution in [0.3, 0.4) is 0 Å². The van der Waals surface area contributed by atoms with Crippen molar-refractivity contribution in [1.82, 2.24) is 14.3 Å². The van der Waals surface area contributed by atoms with Crippen molar-refractivity contribution in [3.05, 3.63) is 40.1 Å². The summed E-state index contributed by atoms with van der Waals surface area (Å²) in [6, 6.07) is 6.09. The molecule has 2 aliphatic rings. The largest absolute Gasteiger partial charge is 0.477 e. The smallest absolute Gasteiger partial charge is 0.350 e. The normalized spacial score (nSPS) is 18.6. The van der Waals surface area contributed by atoms with Crippen LogP contribution in [0.5, 0.6) is 5.75 Å². The summed E-state index contributed by atoms with van der Waals surface area (Å²) in [5, 5.41) is 4.49. The van der Waals surface area contributed by atoms with Crippen LogP contribution < -0.4 is 10.4 Å². The maximum Gasteiger partial charge on any atom is 0.350 e. The first-order valence-electron chi connectivity index (χ1n) is 8.09. The predicted octanol–water partition coefficient (Wildman–Crippen LogP) is 2.09. The van der Waals surface area contributed by atoms with Crippen LogP contribution in [0.2, 0.25) is 0 Å². The van der Waals surface area contributed by atoms with Crippen molar-refractivity contribution in [3.8, 4) is 11.4 Å². The fourth-order valence-electron chi connectivity index (χ4n) is 3.41. The van der Waals surface area contributed by atoms with E-state index in [1.807, 2.05) is 12.1 Å². The van der Waals surface area contributed by atoms with Crippen LogP contribution in [-0.4, -0.2) is 27.6 Å². The highest BCUT2D eigenvalue weighted by Crippen LogP contribution is 2.43. The summed E-state index contributed by atoms with van der Waals surface area (Å²) >= 11 is 0. The molecule has 4 rings (SSSR count). The number of hydrogen-bond donors (Lipinski definition) is 0. The second-order valence-electron chi connectivity index (χ2n) is 6.66. The number of nitrogens with zero attached hydrogens (tertiary/aromatic N) is 3. The van der Waals surface area contributed by atoms with Crippen LogP contribution in [0.4, 0.5) is 0 Å². The Kier molecular flexibility index (Phi) is 3.13. The van der Waals surface area contributed by atoms with Gasteiger partial charge >= 0.3 is 5.69 Å². The lowest BCUT2D eigenvalue weighted by Gasteiger charge is -2.40. The first-order valence-corrected chi connectivity index (χ1v) is 8.09. The van der Waals surface area contributed by atoms with Crippen LogP contribution in [0.15, 0.2) is 23.0 Å². The summed E-state index contributed by atoms with van der Waals surface area (Å²) in [5.74, 6) is 1.83. The van der Waals surface area contributed by atoms with Gasteiger partial charge in [-0.05, 0) is 23.6 Å². The third kappa shape index (κ3) is 2.05. The van der Waals surface area contributed by atoms with Gasteiger partial charge in [0.2, 0.25) is 0 Å². The van der Waals surface area contributed by atoms with Crippen LogP contribution >= 0.6 is 0 Å². The molecular weight excluding hydrogens is 294 g/mol. The average Bonchev–Trinajstić information content (AvgIpc) is 2.85. The zero-order valence-corrected chi connectivity index (χ0v) is 13.7. The molecule has 3 heterocycles. The molecule has 1 saturated heterocycles. The highest BCUT2D eigenvalue weighted by Gasteiger charge is 2.46. The van der Waals surface area contributed by atoms with Gasteiger partial charge in [0, 0.05) is 19.9 Å². The predicted molar refractivity (Wildman–Crippen MR) is 85.3 cm³/mol. The lowest BCUT2D eigenvalue weighted by atomic mass is 9.91. The van der Waals surface area contributed by atoms with Gasteiger partial charge in [0.05, 0.1) is 18.9 Å². The van der Waals surface area contributed by atoms with Gasteiger partial charge in [0.25, 0.3) is 0 Å². The van der Waals surface area contributed by atoms with Gasteiger partial charge in [-0.15, -0.1) is 0 Å². The maximum absolute atomic E-state index is 12.7. The Bertz CT molecular complexity index is 813. The number of aryl methyl sites for hydroxylation is 1. The SMILES string of the molecule is CC(C)c1ccc2c(c1)-n1c(nn(C)c1=O)C1(CCOCC1)O2. The van der Waals surface area contributed by atoms with Crippen molar-refractivity contribution >= 4 is 0 Å². The molecule has 0 unspecified atom stereocenters. The first kappa shape index (κ1) is 14.5. The second-order valence-corrected chi connectivity index (χ2v) is 6.66. The van der Waals surface area contributed by atoms with Crippen molar-refractivity contribution in [2.24, 2.45) is 7.05 Å². The monoisotopic (exact) mass is 315 g/mol. The molecule has 6 nitrogen and oxygen atoms in total. The lowest BCUT2D eigenvalue weighted by molar-refractivity contribution is -0.0607. The zero-order chi connectivity index (χ0) is 16.2. The van der Waals surface area contributed by atoms with E-state index in [0.717, 1.165) is 11.4 Å². The van der Waals surface area contributed by atoms with E-state index in [1.54, 1.807) is 11.6 Å². The number of hydrogen-bond acceptors (Lipinski definition) is 4. The van der Waals surface area contributed by atoms with Crippen LogP contribution in [0.25, 0.3) is 5.69 Å². The number of benzene rings is 1. The molecule has 122 valence electrons. The molecule has 0 atom stereocenters. The molecule has 1 spiro atoms. The van der Waals surface area contributed by atoms with E-state index in [0.29, 0.717) is 37.8 Å². The Labute approximate surface area is 134 Å². The highest BCUT2D eigenvalue weighted by atomic mass is 16.5. The minimum absolute atomic E-state index is 0.128. The van der Waals surface area contributed by atoms with Crippen molar-refractivity contribution in [1.29, 1.82) is 0 Å². The van der Waals surface area contributed by atoms with Gasteiger partial charge in [0.1, 0.15) is 5.75 Å². The maximum atomic E-state index is 12.7. The quantitative estimate of drug-likeness (QED) is 0.808. The Balaban J connectivity index is 1.97. The molecule has 2 aliphatic heterocycles. The molecule has 0 N–H and O–H groups in total. The van der Waals surface area contributed by atoms with Crippen LogP contribution in [0, 0.1) is 0 Å². The molecule has 1 fully saturated rings. The second kappa shape index (κ2) is 4.96. The minimum Gasteiger partial charge on any atom is -0.477 e. The molecule has 1 aromatic heterocycles. The van der Waals surface area contributed by atoms with Gasteiger partial charge in [-0.2, -0.15) is 5.10 Å². The highest BCUT2D eigenvalue weighted by molar-refractivity contribution is 5.53. The zero-order valence-electron chi connectivity index (χ0n) is 13.7. The van der Waals surface area contributed by atoms with Gasteiger partial charge in [-0.25, -0.2) is 14.0 Å². The van der Waals surface area contributed by atoms with E-state index in [-0.39, 0.29) is 5.69 Å². The summed E-state index contributed by atoms with van der Waals surface area (Å²) in [6.07, 6.45) is 1.41. The number of fused-ring (bicyclic) bond motifs is 4. The van der Waals surface area contributed by atoms with E-state index in [1.165, 1.54) is 10.2 Å². The van der Waals surface area contributed by atoms with Crippen molar-refractivity contribution < 1.29 is 9.47 Å². The minimum atomic E-state index is -0.564. The molecule has 6 heteroatoms. The fourth-order valence-corrected chi connectivity index (χ4v) is 3.41. The van der Waals surface area contributed by atoms with E-state index in [2.05, 4.69) is 25.0 Å². The van der Waals surface area contributed by atoms with Gasteiger partial charge in [-0.3, -0.25) is 0 Å². The standard InChI is InChI=1S/C17H21N3O3/c1-11(2)12-4-5-14-13(10-12)20-15(18-19(3)16(20)21)17(23-14)6-8-22-9-7-17/h4-5,10-11H,6-9H2,1-3H3. The molecule has 0 aliphatic carbocycles. The van der Waals surface area contributed by atoms with Gasteiger partial charge < -0.3 is 9.47 Å². The summed E-state index contributed by atoms with van der Waals surface area (Å²) in [4.78, 5) is 12.7. The van der Waals surface area contributed by atoms with E-state index in [9.17, 15) is 4.79 Å².